The van der Waals surface area contributed by atoms with Crippen LogP contribution in [0.25, 0.3) is 6.08 Å². The summed E-state index contributed by atoms with van der Waals surface area (Å²) in [6.45, 7) is 0. The molecule has 0 atom stereocenters. The number of hydrogen-bond donors (Lipinski definition) is 1. The van der Waals surface area contributed by atoms with Gasteiger partial charge in [-0.05, 0) is 60.7 Å². The van der Waals surface area contributed by atoms with Crippen LogP contribution >= 0.6 is 23.2 Å². The molecule has 0 aliphatic carbocycles. The molecule has 2 amide bonds. The van der Waals surface area contributed by atoms with E-state index >= 15 is 0 Å². The van der Waals surface area contributed by atoms with E-state index in [1.54, 1.807) is 48.5 Å². The van der Waals surface area contributed by atoms with Gasteiger partial charge in [0.15, 0.2) is 0 Å². The van der Waals surface area contributed by atoms with Gasteiger partial charge in [-0.15, -0.1) is 0 Å². The molecular formula is C23H14Cl2N2O4. The molecule has 154 valence electrons. The molecular weight excluding hydrogens is 439 g/mol. The number of esters is 1. The molecule has 8 heteroatoms. The third kappa shape index (κ3) is 4.45. The number of rotatable bonds is 4. The Labute approximate surface area is 187 Å². The SMILES string of the molecule is O=C1NN(c2ccccc2)C(=O)C1=Cc1cc(Cl)ccc1OC(=O)c1ccc(Cl)cc1. The number of benzene rings is 3. The van der Waals surface area contributed by atoms with Crippen LogP contribution in [-0.4, -0.2) is 17.8 Å². The molecule has 4 rings (SSSR count). The van der Waals surface area contributed by atoms with Gasteiger partial charge in [-0.3, -0.25) is 15.0 Å². The predicted octanol–water partition coefficient (Wildman–Crippen LogP) is 4.67. The topological polar surface area (TPSA) is 75.7 Å². The molecule has 3 aromatic rings. The van der Waals surface area contributed by atoms with E-state index in [2.05, 4.69) is 5.43 Å². The summed E-state index contributed by atoms with van der Waals surface area (Å²) in [5.74, 6) is -1.59. The average Bonchev–Trinajstić information content (AvgIpc) is 3.05. The number of para-hydroxylation sites is 1. The van der Waals surface area contributed by atoms with Crippen molar-refractivity contribution in [1.82, 2.24) is 5.43 Å². The second kappa shape index (κ2) is 8.63. The standard InChI is InChI=1S/C23H14Cl2N2O4/c24-16-8-6-14(7-9-16)23(30)31-20-11-10-17(25)12-15(20)13-19-21(28)26-27(22(19)29)18-4-2-1-3-5-18/h1-13H,(H,26,28). The highest BCUT2D eigenvalue weighted by atomic mass is 35.5. The number of halogens is 2. The van der Waals surface area contributed by atoms with Crippen molar-refractivity contribution < 1.29 is 19.1 Å². The Kier molecular flexibility index (Phi) is 5.75. The third-order valence-corrected chi connectivity index (χ3v) is 4.95. The maximum Gasteiger partial charge on any atom is 0.343 e. The molecule has 6 nitrogen and oxygen atoms in total. The molecule has 0 spiro atoms. The summed E-state index contributed by atoms with van der Waals surface area (Å²) < 4.78 is 5.48. The minimum atomic E-state index is -0.619. The van der Waals surface area contributed by atoms with Crippen molar-refractivity contribution in [2.45, 2.75) is 0 Å². The summed E-state index contributed by atoms with van der Waals surface area (Å²) in [4.78, 5) is 37.8. The van der Waals surface area contributed by atoms with Gasteiger partial charge in [0.05, 0.1) is 11.3 Å². The van der Waals surface area contributed by atoms with E-state index in [9.17, 15) is 14.4 Å². The maximum atomic E-state index is 12.8. The molecule has 0 saturated carbocycles. The quantitative estimate of drug-likeness (QED) is 0.270. The fourth-order valence-corrected chi connectivity index (χ4v) is 3.25. The van der Waals surface area contributed by atoms with Gasteiger partial charge in [-0.2, -0.15) is 0 Å². The third-order valence-electron chi connectivity index (χ3n) is 4.46. The Balaban J connectivity index is 1.65. The average molecular weight is 453 g/mol. The summed E-state index contributed by atoms with van der Waals surface area (Å²) in [5.41, 5.74) is 3.52. The number of nitrogens with one attached hydrogen (secondary N) is 1. The van der Waals surface area contributed by atoms with Gasteiger partial charge >= 0.3 is 5.97 Å². The number of carbonyl (C=O) groups is 3. The molecule has 0 aromatic heterocycles. The van der Waals surface area contributed by atoms with Crippen LogP contribution in [0.1, 0.15) is 15.9 Å². The summed E-state index contributed by atoms with van der Waals surface area (Å²) >= 11 is 11.9. The van der Waals surface area contributed by atoms with Crippen LogP contribution in [0.2, 0.25) is 10.0 Å². The van der Waals surface area contributed by atoms with Gasteiger partial charge in [0.25, 0.3) is 11.8 Å². The number of carbonyl (C=O) groups excluding carboxylic acids is 3. The molecule has 1 aliphatic heterocycles. The lowest BCUT2D eigenvalue weighted by molar-refractivity contribution is -0.117. The van der Waals surface area contributed by atoms with Crippen molar-refractivity contribution in [3.63, 3.8) is 0 Å². The fraction of sp³-hybridized carbons (Fsp3) is 0. The van der Waals surface area contributed by atoms with E-state index in [1.165, 1.54) is 30.3 Å². The Bertz CT molecular complexity index is 1210. The molecule has 3 aromatic carbocycles. The van der Waals surface area contributed by atoms with Gasteiger partial charge < -0.3 is 4.74 Å². The van der Waals surface area contributed by atoms with Crippen LogP contribution in [-0.2, 0) is 9.59 Å². The van der Waals surface area contributed by atoms with Crippen molar-refractivity contribution in [1.29, 1.82) is 0 Å². The van der Waals surface area contributed by atoms with Gasteiger partial charge in [0.1, 0.15) is 11.3 Å². The van der Waals surface area contributed by atoms with Crippen molar-refractivity contribution in [2.24, 2.45) is 0 Å². The van der Waals surface area contributed by atoms with Crippen molar-refractivity contribution in [2.75, 3.05) is 5.01 Å². The van der Waals surface area contributed by atoms with Gasteiger partial charge in [-0.1, -0.05) is 41.4 Å². The molecule has 0 bridgehead atoms. The lowest BCUT2D eigenvalue weighted by atomic mass is 10.1. The monoisotopic (exact) mass is 452 g/mol. The van der Waals surface area contributed by atoms with Crippen LogP contribution in [0.4, 0.5) is 5.69 Å². The highest BCUT2D eigenvalue weighted by Gasteiger charge is 2.34. The lowest BCUT2D eigenvalue weighted by Gasteiger charge is -2.14. The first-order valence-corrected chi connectivity index (χ1v) is 9.87. The summed E-state index contributed by atoms with van der Waals surface area (Å²) in [6, 6.07) is 19.4. The van der Waals surface area contributed by atoms with E-state index in [-0.39, 0.29) is 11.3 Å². The zero-order chi connectivity index (χ0) is 22.0. The smallest absolute Gasteiger partial charge is 0.343 e. The van der Waals surface area contributed by atoms with Gasteiger partial charge in [-0.25, -0.2) is 9.80 Å². The molecule has 1 aliphatic rings. The Morgan fingerprint density at radius 3 is 2.29 bits per heavy atom. The molecule has 1 fully saturated rings. The van der Waals surface area contributed by atoms with Gasteiger partial charge in [0, 0.05) is 15.6 Å². The van der Waals surface area contributed by atoms with Crippen molar-refractivity contribution in [3.8, 4) is 5.75 Å². The van der Waals surface area contributed by atoms with Crippen LogP contribution in [0, 0.1) is 0 Å². The molecule has 0 unspecified atom stereocenters. The Morgan fingerprint density at radius 2 is 1.58 bits per heavy atom. The van der Waals surface area contributed by atoms with Gasteiger partial charge in [0.2, 0.25) is 0 Å². The number of amides is 2. The highest BCUT2D eigenvalue weighted by molar-refractivity contribution is 6.32. The van der Waals surface area contributed by atoms with Crippen LogP contribution in [0.5, 0.6) is 5.75 Å². The van der Waals surface area contributed by atoms with E-state index in [1.807, 2.05) is 0 Å². The second-order valence-electron chi connectivity index (χ2n) is 6.55. The minimum absolute atomic E-state index is 0.116. The maximum absolute atomic E-state index is 12.8. The van der Waals surface area contributed by atoms with Crippen LogP contribution in [0.3, 0.4) is 0 Å². The first-order chi connectivity index (χ1) is 14.9. The zero-order valence-electron chi connectivity index (χ0n) is 15.8. The molecule has 1 N–H and O–H groups in total. The number of hydrogen-bond acceptors (Lipinski definition) is 4. The van der Waals surface area contributed by atoms with E-state index in [0.717, 1.165) is 5.01 Å². The number of nitrogens with zero attached hydrogens (tertiary/aromatic N) is 1. The molecule has 0 radical (unpaired) electrons. The lowest BCUT2D eigenvalue weighted by Crippen LogP contribution is -2.35. The zero-order valence-corrected chi connectivity index (χ0v) is 17.4. The number of hydrazine groups is 1. The van der Waals surface area contributed by atoms with E-state index in [4.69, 9.17) is 27.9 Å². The summed E-state index contributed by atoms with van der Waals surface area (Å²) in [5, 5.41) is 1.99. The van der Waals surface area contributed by atoms with Crippen molar-refractivity contribution >= 4 is 52.7 Å². The first kappa shape index (κ1) is 20.7. The first-order valence-electron chi connectivity index (χ1n) is 9.12. The molecule has 1 heterocycles. The summed E-state index contributed by atoms with van der Waals surface area (Å²) in [6.07, 6.45) is 1.34. The normalized spacial score (nSPS) is 14.6. The number of ether oxygens (including phenoxy) is 1. The van der Waals surface area contributed by atoms with Crippen molar-refractivity contribution in [3.05, 3.63) is 99.5 Å². The Morgan fingerprint density at radius 1 is 0.903 bits per heavy atom. The van der Waals surface area contributed by atoms with Crippen LogP contribution in [0.15, 0.2) is 78.4 Å². The number of anilines is 1. The second-order valence-corrected chi connectivity index (χ2v) is 7.43. The van der Waals surface area contributed by atoms with E-state index in [0.29, 0.717) is 26.9 Å². The Hall–Kier alpha value is -3.61. The highest BCUT2D eigenvalue weighted by Crippen LogP contribution is 2.28. The largest absolute Gasteiger partial charge is 0.422 e. The van der Waals surface area contributed by atoms with Crippen LogP contribution < -0.4 is 15.2 Å². The summed E-state index contributed by atoms with van der Waals surface area (Å²) in [7, 11) is 0. The molecule has 31 heavy (non-hydrogen) atoms. The van der Waals surface area contributed by atoms with E-state index < -0.39 is 17.8 Å². The molecule has 1 saturated heterocycles. The minimum Gasteiger partial charge on any atom is -0.422 e. The predicted molar refractivity (Wildman–Crippen MR) is 118 cm³/mol. The fourth-order valence-electron chi connectivity index (χ4n) is 2.94.